The molecule has 0 atom stereocenters. The maximum absolute atomic E-state index is 15.0. The second kappa shape index (κ2) is 11.2. The van der Waals surface area contributed by atoms with Crippen LogP contribution < -0.4 is 0 Å². The first-order chi connectivity index (χ1) is 21.0. The molecule has 3 nitrogen and oxygen atoms in total. The maximum Gasteiger partial charge on any atom is 0.180 e. The summed E-state index contributed by atoms with van der Waals surface area (Å²) in [4.78, 5) is 0. The van der Waals surface area contributed by atoms with Crippen LogP contribution in [0, 0.1) is 118 Å². The number of rotatable bonds is 3. The first-order valence-corrected chi connectivity index (χ1v) is 11.9. The van der Waals surface area contributed by atoms with Gasteiger partial charge in [0.05, 0.1) is 27.8 Å². The van der Waals surface area contributed by atoms with Gasteiger partial charge in [0.1, 0.15) is 23.8 Å². The van der Waals surface area contributed by atoms with E-state index in [0.29, 0.717) is 20.8 Å². The van der Waals surface area contributed by atoms with Crippen LogP contribution in [0.4, 0.5) is 52.7 Å². The van der Waals surface area contributed by atoms with Crippen molar-refractivity contribution in [2.45, 2.75) is 20.8 Å². The fraction of sp³-hybridized carbons (Fsp3) is 0.100. The summed E-state index contributed by atoms with van der Waals surface area (Å²) < 4.78 is 177. The fourth-order valence-corrected chi connectivity index (χ4v) is 4.64. The monoisotopic (exact) mass is 639 g/mol. The second-order valence-electron chi connectivity index (χ2n) is 9.35. The van der Waals surface area contributed by atoms with Crippen molar-refractivity contribution < 1.29 is 52.7 Å². The summed E-state index contributed by atoms with van der Waals surface area (Å²) >= 11 is 0. The lowest BCUT2D eigenvalue weighted by Gasteiger charge is -2.10. The Kier molecular flexibility index (Phi) is 8.08. The largest absolute Gasteiger partial charge is 0.203 e. The van der Waals surface area contributed by atoms with Crippen LogP contribution in [0.2, 0.25) is 0 Å². The van der Waals surface area contributed by atoms with Crippen molar-refractivity contribution in [2.75, 3.05) is 0 Å². The third-order valence-electron chi connectivity index (χ3n) is 7.00. The van der Waals surface area contributed by atoms with Crippen molar-refractivity contribution >= 4 is 16.7 Å². The van der Waals surface area contributed by atoms with E-state index in [9.17, 15) is 54.4 Å². The topological polar surface area (TPSA) is 71.4 Å². The van der Waals surface area contributed by atoms with Gasteiger partial charge in [-0.25, -0.2) is 52.7 Å². The number of hydrogen-bond donors (Lipinski definition) is 0. The lowest BCUT2D eigenvalue weighted by Crippen LogP contribution is -2.06. The fourth-order valence-electron chi connectivity index (χ4n) is 4.64. The van der Waals surface area contributed by atoms with Gasteiger partial charge in [-0.3, -0.25) is 0 Å². The Bertz CT molecular complexity index is 2050. The molecule has 0 aliphatic heterocycles. The van der Waals surface area contributed by atoms with E-state index in [1.165, 1.54) is 0 Å². The Balaban J connectivity index is 2.32. The Morgan fingerprint density at radius 3 is 1.00 bits per heavy atom. The molecular weight excluding hydrogens is 630 g/mol. The summed E-state index contributed by atoms with van der Waals surface area (Å²) in [7, 11) is 0. The van der Waals surface area contributed by atoms with E-state index >= 15 is 8.78 Å². The third kappa shape index (κ3) is 4.52. The standard InChI is InChI=1S/C30H9F12N3/c1-7(14-25(37)19(31)8(2)20(32)26(14)38)13-15(10(4-43)17-27(39)21(33)9(3)22(34)28(17)40)16(13)11(5-44)18-29(41)23(35)12(6-45)24(36)30(18)42/h1-3H3/b13-7-,15-10?,16-11-. The smallest absolute Gasteiger partial charge is 0.180 e. The van der Waals surface area contributed by atoms with E-state index in [1.54, 1.807) is 0 Å². The van der Waals surface area contributed by atoms with Crippen molar-refractivity contribution in [2.24, 2.45) is 0 Å². The van der Waals surface area contributed by atoms with Crippen LogP contribution >= 0.6 is 0 Å². The highest BCUT2D eigenvalue weighted by Gasteiger charge is 2.45. The molecule has 0 amide bonds. The molecule has 3 aromatic rings. The van der Waals surface area contributed by atoms with E-state index in [-0.39, 0.29) is 0 Å². The molecule has 0 bridgehead atoms. The van der Waals surface area contributed by atoms with E-state index in [2.05, 4.69) is 0 Å². The van der Waals surface area contributed by atoms with E-state index < -0.39 is 137 Å². The molecule has 0 saturated heterocycles. The lowest BCUT2D eigenvalue weighted by molar-refractivity contribution is 0.441. The molecule has 0 heterocycles. The number of benzene rings is 3. The van der Waals surface area contributed by atoms with Crippen LogP contribution in [0.15, 0.2) is 16.7 Å². The van der Waals surface area contributed by atoms with Crippen molar-refractivity contribution in [3.63, 3.8) is 0 Å². The summed E-state index contributed by atoms with van der Waals surface area (Å²) in [6, 6.07) is 3.08. The van der Waals surface area contributed by atoms with Crippen LogP contribution in [0.5, 0.6) is 0 Å². The molecule has 0 aromatic heterocycles. The van der Waals surface area contributed by atoms with Crippen molar-refractivity contribution in [3.8, 4) is 18.2 Å². The molecule has 1 fully saturated rings. The van der Waals surface area contributed by atoms with Gasteiger partial charge in [0.15, 0.2) is 69.8 Å². The Morgan fingerprint density at radius 1 is 0.422 bits per heavy atom. The summed E-state index contributed by atoms with van der Waals surface area (Å²) in [6.45, 7) is 1.92. The molecule has 3 aromatic carbocycles. The lowest BCUT2D eigenvalue weighted by atomic mass is 9.99. The number of allylic oxidation sites excluding steroid dienone is 6. The quantitative estimate of drug-likeness (QED) is 0.164. The van der Waals surface area contributed by atoms with Gasteiger partial charge in [0.2, 0.25) is 0 Å². The highest BCUT2D eigenvalue weighted by molar-refractivity contribution is 6.10. The van der Waals surface area contributed by atoms with Gasteiger partial charge in [-0.05, 0) is 31.9 Å². The van der Waals surface area contributed by atoms with E-state index in [0.717, 1.165) is 18.2 Å². The van der Waals surface area contributed by atoms with Crippen molar-refractivity contribution in [1.82, 2.24) is 0 Å². The van der Waals surface area contributed by atoms with Gasteiger partial charge in [-0.15, -0.1) is 0 Å². The molecule has 0 N–H and O–H groups in total. The molecule has 15 heteroatoms. The summed E-state index contributed by atoms with van der Waals surface area (Å²) in [5.74, 6) is -26.0. The molecule has 1 aliphatic carbocycles. The SMILES string of the molecule is C/C(=C1\C(=C(C#N)c2c(F)c(F)c(C)c(F)c2F)\C1=C(\C#N)c1c(F)c(F)c(C#N)c(F)c1F)c1c(F)c(F)c(C)c(F)c1F. The highest BCUT2D eigenvalue weighted by atomic mass is 19.2. The molecule has 1 saturated carbocycles. The Labute approximate surface area is 244 Å². The van der Waals surface area contributed by atoms with Gasteiger partial charge in [0.25, 0.3) is 0 Å². The number of nitrogens with zero attached hydrogens (tertiary/aromatic N) is 3. The zero-order valence-corrected chi connectivity index (χ0v) is 22.4. The van der Waals surface area contributed by atoms with E-state index in [1.807, 2.05) is 0 Å². The zero-order valence-electron chi connectivity index (χ0n) is 22.4. The highest BCUT2D eigenvalue weighted by Crippen LogP contribution is 2.57. The van der Waals surface area contributed by atoms with Crippen LogP contribution in [-0.2, 0) is 0 Å². The molecule has 45 heavy (non-hydrogen) atoms. The van der Waals surface area contributed by atoms with E-state index in [4.69, 9.17) is 5.26 Å². The molecular formula is C30H9F12N3. The van der Waals surface area contributed by atoms with Crippen LogP contribution in [-0.4, -0.2) is 0 Å². The first kappa shape index (κ1) is 32.4. The van der Waals surface area contributed by atoms with Gasteiger partial charge >= 0.3 is 0 Å². The minimum atomic E-state index is -2.38. The van der Waals surface area contributed by atoms with Crippen LogP contribution in [0.3, 0.4) is 0 Å². The Hall–Kier alpha value is -5.49. The number of nitriles is 3. The normalized spacial score (nSPS) is 15.7. The molecule has 4 rings (SSSR count). The molecule has 228 valence electrons. The van der Waals surface area contributed by atoms with Crippen LogP contribution in [0.1, 0.15) is 40.3 Å². The summed E-state index contributed by atoms with van der Waals surface area (Å²) in [5.41, 5.74) is -16.5. The van der Waals surface area contributed by atoms with Crippen LogP contribution in [0.25, 0.3) is 16.7 Å². The second-order valence-corrected chi connectivity index (χ2v) is 9.35. The maximum atomic E-state index is 15.0. The van der Waals surface area contributed by atoms with Gasteiger partial charge < -0.3 is 0 Å². The molecule has 0 unspecified atom stereocenters. The van der Waals surface area contributed by atoms with Crippen molar-refractivity contribution in [1.29, 1.82) is 15.8 Å². The third-order valence-corrected chi connectivity index (χ3v) is 7.00. The average molecular weight is 639 g/mol. The first-order valence-electron chi connectivity index (χ1n) is 11.9. The predicted molar refractivity (Wildman–Crippen MR) is 131 cm³/mol. The van der Waals surface area contributed by atoms with Crippen molar-refractivity contribution in [3.05, 3.63) is 120 Å². The zero-order chi connectivity index (χ0) is 34.0. The van der Waals surface area contributed by atoms with Gasteiger partial charge in [-0.2, -0.15) is 15.8 Å². The summed E-state index contributed by atoms with van der Waals surface area (Å²) in [5, 5.41) is 28.5. The molecule has 1 aliphatic rings. The summed E-state index contributed by atoms with van der Waals surface area (Å²) in [6.07, 6.45) is 0. The number of halogens is 12. The predicted octanol–water partition coefficient (Wildman–Crippen LogP) is 8.59. The average Bonchev–Trinajstić information content (AvgIpc) is 3.75. The minimum absolute atomic E-state index is 0.608. The Morgan fingerprint density at radius 2 is 0.711 bits per heavy atom. The minimum Gasteiger partial charge on any atom is -0.203 e. The number of hydrogen-bond acceptors (Lipinski definition) is 3. The van der Waals surface area contributed by atoms with Gasteiger partial charge in [-0.1, -0.05) is 0 Å². The molecule has 0 spiro atoms. The molecule has 0 radical (unpaired) electrons. The van der Waals surface area contributed by atoms with Gasteiger partial charge in [0, 0.05) is 22.3 Å².